The van der Waals surface area contributed by atoms with E-state index in [4.69, 9.17) is 4.98 Å². The molecule has 0 radical (unpaired) electrons. The number of hydrogen-bond acceptors (Lipinski definition) is 8. The number of fused-ring (bicyclic) bond motifs is 5. The van der Waals surface area contributed by atoms with E-state index in [-0.39, 0.29) is 5.43 Å². The summed E-state index contributed by atoms with van der Waals surface area (Å²) in [6.45, 7) is 4.25. The van der Waals surface area contributed by atoms with E-state index in [9.17, 15) is 9.90 Å². The van der Waals surface area contributed by atoms with E-state index in [0.717, 1.165) is 54.3 Å². The van der Waals surface area contributed by atoms with E-state index in [1.54, 1.807) is 12.5 Å². The molecule has 0 bridgehead atoms. The molecule has 9 nitrogen and oxygen atoms in total. The first-order chi connectivity index (χ1) is 17.5. The number of aliphatic hydroxyl groups excluding tert-OH is 1. The summed E-state index contributed by atoms with van der Waals surface area (Å²) in [6.07, 6.45) is 3.39. The van der Waals surface area contributed by atoms with Gasteiger partial charge in [0.05, 0.1) is 33.2 Å². The third kappa shape index (κ3) is 3.96. The Labute approximate surface area is 212 Å². The molecule has 1 atom stereocenters. The van der Waals surface area contributed by atoms with Crippen LogP contribution in [0.1, 0.15) is 23.9 Å². The largest absolute Gasteiger partial charge is 0.374 e. The summed E-state index contributed by atoms with van der Waals surface area (Å²) in [5.74, 6) is 0.879. The molecule has 2 N–H and O–H groups in total. The zero-order valence-corrected chi connectivity index (χ0v) is 21.2. The second kappa shape index (κ2) is 9.29. The molecule has 1 aromatic carbocycles. The molecule has 5 aromatic rings. The molecule has 10 heteroatoms. The number of anilines is 1. The number of benzene rings is 1. The van der Waals surface area contributed by atoms with Gasteiger partial charge < -0.3 is 19.5 Å². The van der Waals surface area contributed by atoms with E-state index in [0.29, 0.717) is 28.0 Å². The molecule has 0 aliphatic carbocycles. The number of likely N-dealkylation sites (N-methyl/N-ethyl adjacent to an activating group) is 1. The Kier molecular flexibility index (Phi) is 5.96. The average Bonchev–Trinajstić information content (AvgIpc) is 3.40. The molecular formula is C26H29N7O2S. The van der Waals surface area contributed by atoms with Crippen molar-refractivity contribution in [3.05, 3.63) is 70.4 Å². The van der Waals surface area contributed by atoms with E-state index in [1.807, 2.05) is 52.4 Å². The van der Waals surface area contributed by atoms with E-state index in [1.165, 1.54) is 11.3 Å². The molecular weight excluding hydrogens is 474 g/mol. The molecule has 5 heterocycles. The van der Waals surface area contributed by atoms with Crippen molar-refractivity contribution in [2.45, 2.75) is 19.2 Å². The first kappa shape index (κ1) is 23.1. The van der Waals surface area contributed by atoms with Crippen LogP contribution >= 0.6 is 11.3 Å². The molecule has 186 valence electrons. The van der Waals surface area contributed by atoms with Gasteiger partial charge in [0.15, 0.2) is 11.1 Å². The number of aliphatic hydroxyl groups is 1. The number of pyridine rings is 2. The lowest BCUT2D eigenvalue weighted by molar-refractivity contribution is 0.137. The fraction of sp³-hybridized carbons (Fsp3) is 0.346. The van der Waals surface area contributed by atoms with Gasteiger partial charge in [0.2, 0.25) is 0 Å². The van der Waals surface area contributed by atoms with E-state index < -0.39 is 6.23 Å². The molecule has 6 rings (SSSR count). The Balaban J connectivity index is 1.51. The zero-order valence-electron chi connectivity index (χ0n) is 20.4. The quantitative estimate of drug-likeness (QED) is 0.357. The number of imidazole rings is 1. The van der Waals surface area contributed by atoms with Gasteiger partial charge in [-0.25, -0.2) is 9.97 Å². The Morgan fingerprint density at radius 2 is 1.97 bits per heavy atom. The van der Waals surface area contributed by atoms with Crippen LogP contribution in [0.4, 0.5) is 5.82 Å². The lowest BCUT2D eigenvalue weighted by Gasteiger charge is -2.22. The Morgan fingerprint density at radius 1 is 1.11 bits per heavy atom. The molecule has 1 aliphatic heterocycles. The molecule has 1 fully saturated rings. The van der Waals surface area contributed by atoms with Crippen LogP contribution in [0.3, 0.4) is 0 Å². The van der Waals surface area contributed by atoms with Crippen LogP contribution in [0.25, 0.3) is 26.1 Å². The van der Waals surface area contributed by atoms with Crippen molar-refractivity contribution < 1.29 is 5.11 Å². The standard InChI is InChI=1S/C26H29N7O2S/c1-30-10-5-11-32(13-12-30)21-9-8-18-23(34)22(25(35)28-15-17-14-27-16-31(17)2)26-33(24(18)29-21)19-6-3-4-7-20(19)36-26/h3-4,6-9,14,16,25,28,35H,5,10-13,15H2,1-2H3. The van der Waals surface area contributed by atoms with Crippen molar-refractivity contribution in [2.75, 3.05) is 38.1 Å². The molecule has 36 heavy (non-hydrogen) atoms. The van der Waals surface area contributed by atoms with Crippen LogP contribution in [-0.4, -0.2) is 62.2 Å². The summed E-state index contributed by atoms with van der Waals surface area (Å²) in [5.41, 5.74) is 2.66. The number of hydrogen-bond donors (Lipinski definition) is 2. The minimum atomic E-state index is -1.14. The minimum Gasteiger partial charge on any atom is -0.374 e. The van der Waals surface area contributed by atoms with Gasteiger partial charge >= 0.3 is 0 Å². The maximum absolute atomic E-state index is 13.8. The van der Waals surface area contributed by atoms with Crippen LogP contribution < -0.4 is 15.6 Å². The summed E-state index contributed by atoms with van der Waals surface area (Å²) in [7, 11) is 4.05. The molecule has 1 unspecified atom stereocenters. The van der Waals surface area contributed by atoms with Gasteiger partial charge in [-0.2, -0.15) is 0 Å². The first-order valence-electron chi connectivity index (χ1n) is 12.2. The highest BCUT2D eigenvalue weighted by atomic mass is 32.1. The number of nitrogens with zero attached hydrogens (tertiary/aromatic N) is 6. The van der Waals surface area contributed by atoms with Crippen LogP contribution in [0, 0.1) is 0 Å². The molecule has 1 saturated heterocycles. The van der Waals surface area contributed by atoms with Gasteiger partial charge in [-0.3, -0.25) is 14.5 Å². The first-order valence-corrected chi connectivity index (χ1v) is 13.0. The number of rotatable bonds is 5. The van der Waals surface area contributed by atoms with Crippen molar-refractivity contribution >= 4 is 43.2 Å². The van der Waals surface area contributed by atoms with Crippen LogP contribution in [0.15, 0.2) is 53.7 Å². The highest BCUT2D eigenvalue weighted by Crippen LogP contribution is 2.33. The van der Waals surface area contributed by atoms with Crippen molar-refractivity contribution in [1.82, 2.24) is 29.2 Å². The van der Waals surface area contributed by atoms with E-state index in [2.05, 4.69) is 27.1 Å². The second-order valence-electron chi connectivity index (χ2n) is 9.42. The highest BCUT2D eigenvalue weighted by molar-refractivity contribution is 7.24. The fourth-order valence-corrected chi connectivity index (χ4v) is 6.16. The van der Waals surface area contributed by atoms with Crippen LogP contribution in [-0.2, 0) is 13.6 Å². The Hall–Kier alpha value is -3.31. The maximum Gasteiger partial charge on any atom is 0.199 e. The van der Waals surface area contributed by atoms with Gasteiger partial charge in [0.25, 0.3) is 0 Å². The van der Waals surface area contributed by atoms with Gasteiger partial charge in [-0.05, 0) is 44.3 Å². The summed E-state index contributed by atoms with van der Waals surface area (Å²) >= 11 is 1.50. The van der Waals surface area contributed by atoms with Crippen LogP contribution in [0.5, 0.6) is 0 Å². The number of aryl methyl sites for hydroxylation is 1. The number of thiazole rings is 1. The Bertz CT molecular complexity index is 1620. The van der Waals surface area contributed by atoms with Crippen molar-refractivity contribution in [3.63, 3.8) is 0 Å². The highest BCUT2D eigenvalue weighted by Gasteiger charge is 2.24. The van der Waals surface area contributed by atoms with Crippen molar-refractivity contribution in [1.29, 1.82) is 0 Å². The fourth-order valence-electron chi connectivity index (χ4n) is 4.95. The summed E-state index contributed by atoms with van der Waals surface area (Å²) in [5, 5.41) is 14.8. The smallest absolute Gasteiger partial charge is 0.199 e. The second-order valence-corrected chi connectivity index (χ2v) is 10.4. The summed E-state index contributed by atoms with van der Waals surface area (Å²) in [6, 6.07) is 11.9. The lowest BCUT2D eigenvalue weighted by atomic mass is 10.1. The van der Waals surface area contributed by atoms with Crippen LogP contribution in [0.2, 0.25) is 0 Å². The van der Waals surface area contributed by atoms with Crippen molar-refractivity contribution in [2.24, 2.45) is 7.05 Å². The lowest BCUT2D eigenvalue weighted by Crippen LogP contribution is -2.30. The molecule has 1 aliphatic rings. The van der Waals surface area contributed by atoms with Gasteiger partial charge in [-0.15, -0.1) is 11.3 Å². The zero-order chi connectivity index (χ0) is 24.8. The van der Waals surface area contributed by atoms with E-state index >= 15 is 0 Å². The van der Waals surface area contributed by atoms with Gasteiger partial charge in [-0.1, -0.05) is 12.1 Å². The predicted molar refractivity (Wildman–Crippen MR) is 144 cm³/mol. The summed E-state index contributed by atoms with van der Waals surface area (Å²) in [4.78, 5) is 28.3. The van der Waals surface area contributed by atoms with Gasteiger partial charge in [0.1, 0.15) is 16.9 Å². The maximum atomic E-state index is 13.8. The molecule has 0 amide bonds. The van der Waals surface area contributed by atoms with Crippen molar-refractivity contribution in [3.8, 4) is 0 Å². The number of aromatic nitrogens is 4. The summed E-state index contributed by atoms with van der Waals surface area (Å²) < 4.78 is 4.95. The topological polar surface area (TPSA) is 90.9 Å². The number of para-hydroxylation sites is 1. The normalized spacial score (nSPS) is 16.2. The SMILES string of the molecule is CN1CCCN(c2ccc3c(=O)c(C(O)NCc4cncn4C)c4sc5ccccc5n4c3n2)CC1. The Morgan fingerprint density at radius 3 is 2.81 bits per heavy atom. The number of nitrogens with one attached hydrogen (secondary N) is 1. The molecule has 4 aromatic heterocycles. The predicted octanol–water partition coefficient (Wildman–Crippen LogP) is 2.72. The van der Waals surface area contributed by atoms with Gasteiger partial charge in [0, 0.05) is 39.4 Å². The third-order valence-electron chi connectivity index (χ3n) is 7.02. The minimum absolute atomic E-state index is 0.198. The average molecular weight is 504 g/mol. The third-order valence-corrected chi connectivity index (χ3v) is 8.18. The molecule has 0 spiro atoms. The molecule has 0 saturated carbocycles. The monoisotopic (exact) mass is 503 g/mol.